The van der Waals surface area contributed by atoms with Gasteiger partial charge >= 0.3 is 0 Å². The van der Waals surface area contributed by atoms with Crippen molar-refractivity contribution in [3.8, 4) is 0 Å². The first-order valence-corrected chi connectivity index (χ1v) is 2.29. The Labute approximate surface area is 48.7 Å². The number of hydrogen-bond acceptors (Lipinski definition) is 3. The predicted molar refractivity (Wildman–Crippen MR) is 35.7 cm³/mol. The number of rotatable bonds is 2. The quantitative estimate of drug-likeness (QED) is 0.309. The molecule has 0 atom stereocenters. The minimum Gasteiger partial charge on any atom is -0.313 e. The van der Waals surface area contributed by atoms with E-state index in [-0.39, 0.29) is 0 Å². The van der Waals surface area contributed by atoms with Gasteiger partial charge in [0.1, 0.15) is 0 Å². The normalized spacial score (nSPS) is 9.43. The third-order valence-electron chi connectivity index (χ3n) is 0.343. The lowest BCUT2D eigenvalue weighted by Crippen LogP contribution is -1.92. The van der Waals surface area contributed by atoms with Crippen LogP contribution in [0.1, 0.15) is 0 Å². The van der Waals surface area contributed by atoms with Crippen molar-refractivity contribution in [2.24, 2.45) is 5.10 Å². The summed E-state index contributed by atoms with van der Waals surface area (Å²) in [6, 6.07) is 0. The Kier molecular flexibility index (Phi) is 3.50. The van der Waals surface area contributed by atoms with Gasteiger partial charge in [0.05, 0.1) is 6.21 Å². The zero-order chi connectivity index (χ0) is 5.70. The number of nitrogens with zero attached hydrogens (tertiary/aromatic N) is 1. The van der Waals surface area contributed by atoms with E-state index in [0.29, 0.717) is 4.91 Å². The molecule has 1 N–H and O–H groups in total. The summed E-state index contributed by atoms with van der Waals surface area (Å²) in [6.07, 6.45) is 1.53. The van der Waals surface area contributed by atoms with E-state index in [0.717, 1.165) is 0 Å². The van der Waals surface area contributed by atoms with Crippen LogP contribution in [0, 0.1) is 0 Å². The van der Waals surface area contributed by atoms with E-state index in [1.165, 1.54) is 6.21 Å². The first-order valence-electron chi connectivity index (χ1n) is 1.85. The predicted octanol–water partition coefficient (Wildman–Crippen LogP) is 0.635. The summed E-state index contributed by atoms with van der Waals surface area (Å²) >= 11 is 3.85. The van der Waals surface area contributed by atoms with Gasteiger partial charge in [0.15, 0.2) is 0 Å². The second kappa shape index (κ2) is 3.74. The highest BCUT2D eigenvalue weighted by molar-refractivity contribution is 7.85. The third-order valence-corrected chi connectivity index (χ3v) is 0.458. The van der Waals surface area contributed by atoms with Gasteiger partial charge in [-0.25, -0.2) is 0 Å². The van der Waals surface area contributed by atoms with Crippen LogP contribution < -0.4 is 5.43 Å². The van der Waals surface area contributed by atoms with Crippen LogP contribution in [-0.4, -0.2) is 13.3 Å². The molecule has 0 aliphatic carbocycles. The number of thiol groups is 1. The number of hydrogen-bond donors (Lipinski definition) is 2. The molecule has 2 nitrogen and oxygen atoms in total. The highest BCUT2D eigenvalue weighted by Crippen LogP contribution is 1.86. The Morgan fingerprint density at radius 1 is 2.00 bits per heavy atom. The Morgan fingerprint density at radius 2 is 2.57 bits per heavy atom. The number of nitrogens with one attached hydrogen (secondary N) is 1. The van der Waals surface area contributed by atoms with Crippen LogP contribution in [0.3, 0.4) is 0 Å². The van der Waals surface area contributed by atoms with Gasteiger partial charge in [-0.05, 0) is 0 Å². The van der Waals surface area contributed by atoms with Crippen LogP contribution in [0.4, 0.5) is 0 Å². The van der Waals surface area contributed by atoms with Crippen LogP contribution in [0.25, 0.3) is 0 Å². The summed E-state index contributed by atoms with van der Waals surface area (Å²) in [7, 11) is 1.72. The molecule has 0 saturated carbocycles. The Balaban J connectivity index is 3.26. The second-order valence-electron chi connectivity index (χ2n) is 0.973. The van der Waals surface area contributed by atoms with E-state index in [2.05, 4.69) is 29.7 Å². The molecule has 0 fully saturated rings. The lowest BCUT2D eigenvalue weighted by molar-refractivity contribution is 0.909. The lowest BCUT2D eigenvalue weighted by atomic mass is 10.7. The summed E-state index contributed by atoms with van der Waals surface area (Å²) in [5.74, 6) is 0. The van der Waals surface area contributed by atoms with Crippen molar-refractivity contribution in [2.75, 3.05) is 7.05 Å². The highest BCUT2D eigenvalue weighted by Gasteiger charge is 1.69. The van der Waals surface area contributed by atoms with E-state index >= 15 is 0 Å². The number of allylic oxidation sites excluding steroid dienone is 1. The fraction of sp³-hybridized carbons (Fsp3) is 0.250. The molecule has 0 heterocycles. The van der Waals surface area contributed by atoms with Crippen molar-refractivity contribution in [1.82, 2.24) is 5.43 Å². The van der Waals surface area contributed by atoms with Gasteiger partial charge in [-0.3, -0.25) is 0 Å². The first-order chi connectivity index (χ1) is 3.27. The van der Waals surface area contributed by atoms with Gasteiger partial charge in [0.25, 0.3) is 0 Å². The summed E-state index contributed by atoms with van der Waals surface area (Å²) in [4.78, 5) is 0.648. The monoisotopic (exact) mass is 116 g/mol. The largest absolute Gasteiger partial charge is 0.313 e. The fourth-order valence-corrected chi connectivity index (χ4v) is 0.197. The topological polar surface area (TPSA) is 24.4 Å². The molecule has 0 aromatic heterocycles. The summed E-state index contributed by atoms with van der Waals surface area (Å²) in [5.41, 5.74) is 2.56. The maximum atomic E-state index is 3.85. The third kappa shape index (κ3) is 5.56. The zero-order valence-electron chi connectivity index (χ0n) is 4.18. The molecular weight excluding hydrogens is 108 g/mol. The molecule has 0 radical (unpaired) electrons. The Hall–Kier alpha value is -0.440. The van der Waals surface area contributed by atoms with Gasteiger partial charge in [-0.1, -0.05) is 6.58 Å². The molecule has 0 saturated heterocycles. The molecule has 0 aliphatic rings. The van der Waals surface area contributed by atoms with E-state index < -0.39 is 0 Å². The lowest BCUT2D eigenvalue weighted by Gasteiger charge is -1.82. The molecule has 7 heavy (non-hydrogen) atoms. The minimum absolute atomic E-state index is 0.648. The summed E-state index contributed by atoms with van der Waals surface area (Å²) < 4.78 is 0. The van der Waals surface area contributed by atoms with Gasteiger partial charge in [0.2, 0.25) is 0 Å². The SMILES string of the molecule is C=C(S)/C=N\NC. The van der Waals surface area contributed by atoms with Gasteiger partial charge < -0.3 is 5.43 Å². The molecule has 0 amide bonds. The van der Waals surface area contributed by atoms with Crippen molar-refractivity contribution < 1.29 is 0 Å². The van der Waals surface area contributed by atoms with E-state index in [1.54, 1.807) is 7.05 Å². The maximum Gasteiger partial charge on any atom is 0.0595 e. The zero-order valence-corrected chi connectivity index (χ0v) is 5.07. The van der Waals surface area contributed by atoms with Crippen LogP contribution in [0.2, 0.25) is 0 Å². The van der Waals surface area contributed by atoms with Gasteiger partial charge in [0, 0.05) is 12.0 Å². The standard InChI is InChI=1S/C4H8N2S/c1-4(7)3-6-5-2/h3,5,7H,1H2,2H3/b6-3-. The molecule has 0 aromatic carbocycles. The van der Waals surface area contributed by atoms with E-state index in [4.69, 9.17) is 0 Å². The molecule has 0 unspecified atom stereocenters. The highest BCUT2D eigenvalue weighted by atomic mass is 32.1. The average molecular weight is 116 g/mol. The fourth-order valence-electron chi connectivity index (χ4n) is 0.139. The molecular formula is C4H8N2S. The van der Waals surface area contributed by atoms with Crippen molar-refractivity contribution in [2.45, 2.75) is 0 Å². The molecule has 0 aromatic rings. The number of hydrazone groups is 1. The van der Waals surface area contributed by atoms with Crippen molar-refractivity contribution in [3.63, 3.8) is 0 Å². The van der Waals surface area contributed by atoms with Crippen LogP contribution in [0.5, 0.6) is 0 Å². The van der Waals surface area contributed by atoms with E-state index in [9.17, 15) is 0 Å². The molecule has 0 aliphatic heterocycles. The smallest absolute Gasteiger partial charge is 0.0595 e. The first kappa shape index (κ1) is 6.56. The molecule has 40 valence electrons. The molecule has 0 spiro atoms. The Bertz CT molecular complexity index is 87.7. The van der Waals surface area contributed by atoms with Crippen LogP contribution in [-0.2, 0) is 0 Å². The van der Waals surface area contributed by atoms with Crippen LogP contribution in [0.15, 0.2) is 16.6 Å². The van der Waals surface area contributed by atoms with E-state index in [1.807, 2.05) is 0 Å². The Morgan fingerprint density at radius 3 is 2.71 bits per heavy atom. The summed E-state index contributed by atoms with van der Waals surface area (Å²) in [5, 5.41) is 3.62. The van der Waals surface area contributed by atoms with Crippen molar-refractivity contribution in [1.29, 1.82) is 0 Å². The van der Waals surface area contributed by atoms with Gasteiger partial charge in [-0.15, -0.1) is 12.6 Å². The van der Waals surface area contributed by atoms with Crippen molar-refractivity contribution in [3.05, 3.63) is 11.5 Å². The van der Waals surface area contributed by atoms with Crippen molar-refractivity contribution >= 4 is 18.8 Å². The molecule has 0 bridgehead atoms. The molecule has 3 heteroatoms. The van der Waals surface area contributed by atoms with Crippen LogP contribution >= 0.6 is 12.6 Å². The molecule has 0 rings (SSSR count). The maximum absolute atomic E-state index is 3.85. The summed E-state index contributed by atoms with van der Waals surface area (Å²) in [6.45, 7) is 3.47. The minimum atomic E-state index is 0.648. The average Bonchev–Trinajstić information content (AvgIpc) is 1.61. The second-order valence-corrected chi connectivity index (χ2v) is 1.55. The van der Waals surface area contributed by atoms with Gasteiger partial charge in [-0.2, -0.15) is 5.10 Å².